The average molecular weight is 258 g/mol. The molecule has 18 heavy (non-hydrogen) atoms. The van der Waals surface area contributed by atoms with Gasteiger partial charge in [0.05, 0.1) is 5.69 Å². The zero-order valence-corrected chi connectivity index (χ0v) is 11.6. The predicted molar refractivity (Wildman–Crippen MR) is 76.1 cm³/mol. The normalized spacial score (nSPS) is 17.7. The van der Waals surface area contributed by atoms with Crippen LogP contribution in [0.25, 0.3) is 0 Å². The molecule has 1 aliphatic rings. The molecule has 3 rings (SSSR count). The standard InChI is InChI=1S/C15H18N2S/c1-9(2)14-13(8-16)18-15(17-14)12-7-10-5-3-4-6-11(10)12/h3-6,9,12H,7-8,16H2,1-2H3. The Bertz CT molecular complexity index is 572. The number of benzene rings is 1. The second kappa shape index (κ2) is 4.48. The van der Waals surface area contributed by atoms with E-state index in [2.05, 4.69) is 38.1 Å². The molecular formula is C15H18N2S. The van der Waals surface area contributed by atoms with Crippen LogP contribution in [0.3, 0.4) is 0 Å². The van der Waals surface area contributed by atoms with Gasteiger partial charge in [0.2, 0.25) is 0 Å². The summed E-state index contributed by atoms with van der Waals surface area (Å²) < 4.78 is 0. The highest BCUT2D eigenvalue weighted by Crippen LogP contribution is 2.42. The third kappa shape index (κ3) is 1.78. The molecule has 0 amide bonds. The van der Waals surface area contributed by atoms with Crippen LogP contribution in [0, 0.1) is 0 Å². The van der Waals surface area contributed by atoms with E-state index in [0.717, 1.165) is 6.42 Å². The summed E-state index contributed by atoms with van der Waals surface area (Å²) in [4.78, 5) is 6.09. The Balaban J connectivity index is 1.96. The summed E-state index contributed by atoms with van der Waals surface area (Å²) in [5, 5.41) is 1.25. The van der Waals surface area contributed by atoms with Crippen LogP contribution in [0.15, 0.2) is 24.3 Å². The largest absolute Gasteiger partial charge is 0.326 e. The first-order valence-corrected chi connectivity index (χ1v) is 7.29. The Morgan fingerprint density at radius 1 is 1.39 bits per heavy atom. The molecule has 1 heterocycles. The van der Waals surface area contributed by atoms with Gasteiger partial charge in [-0.3, -0.25) is 0 Å². The van der Waals surface area contributed by atoms with E-state index >= 15 is 0 Å². The monoisotopic (exact) mass is 258 g/mol. The summed E-state index contributed by atoms with van der Waals surface area (Å²) in [5.74, 6) is 0.966. The van der Waals surface area contributed by atoms with E-state index in [-0.39, 0.29) is 0 Å². The summed E-state index contributed by atoms with van der Waals surface area (Å²) in [6.45, 7) is 4.99. The summed E-state index contributed by atoms with van der Waals surface area (Å²) in [5.41, 5.74) is 9.94. The van der Waals surface area contributed by atoms with Gasteiger partial charge >= 0.3 is 0 Å². The van der Waals surface area contributed by atoms with E-state index in [9.17, 15) is 0 Å². The van der Waals surface area contributed by atoms with Crippen molar-refractivity contribution in [1.82, 2.24) is 4.98 Å². The van der Waals surface area contributed by atoms with Gasteiger partial charge in [0.25, 0.3) is 0 Å². The smallest absolute Gasteiger partial charge is 0.101 e. The second-order valence-electron chi connectivity index (χ2n) is 5.17. The van der Waals surface area contributed by atoms with Crippen molar-refractivity contribution in [1.29, 1.82) is 0 Å². The lowest BCUT2D eigenvalue weighted by Gasteiger charge is -2.28. The zero-order chi connectivity index (χ0) is 12.7. The number of nitrogens with zero attached hydrogens (tertiary/aromatic N) is 1. The molecule has 2 N–H and O–H groups in total. The number of aromatic nitrogens is 1. The van der Waals surface area contributed by atoms with Gasteiger partial charge in [-0.15, -0.1) is 11.3 Å². The third-order valence-corrected chi connectivity index (χ3v) is 4.84. The molecule has 0 radical (unpaired) electrons. The van der Waals surface area contributed by atoms with E-state index in [1.165, 1.54) is 26.7 Å². The number of fused-ring (bicyclic) bond motifs is 1. The van der Waals surface area contributed by atoms with Gasteiger partial charge in [-0.2, -0.15) is 0 Å². The van der Waals surface area contributed by atoms with E-state index < -0.39 is 0 Å². The van der Waals surface area contributed by atoms with Crippen LogP contribution >= 0.6 is 11.3 Å². The van der Waals surface area contributed by atoms with Crippen molar-refractivity contribution in [3.05, 3.63) is 51.0 Å². The van der Waals surface area contributed by atoms with E-state index in [0.29, 0.717) is 18.4 Å². The number of nitrogens with two attached hydrogens (primary N) is 1. The molecule has 2 aromatic rings. The van der Waals surface area contributed by atoms with Gasteiger partial charge in [0, 0.05) is 17.3 Å². The van der Waals surface area contributed by atoms with Crippen molar-refractivity contribution in [3.63, 3.8) is 0 Å². The fourth-order valence-electron chi connectivity index (χ4n) is 2.61. The van der Waals surface area contributed by atoms with Gasteiger partial charge in [0.1, 0.15) is 5.01 Å². The number of rotatable bonds is 3. The molecule has 1 aromatic carbocycles. The third-order valence-electron chi connectivity index (χ3n) is 3.63. The van der Waals surface area contributed by atoms with Crippen molar-refractivity contribution < 1.29 is 0 Å². The molecule has 2 nitrogen and oxygen atoms in total. The van der Waals surface area contributed by atoms with Crippen molar-refractivity contribution in [2.45, 2.75) is 38.6 Å². The Kier molecular flexibility index (Phi) is 2.96. The second-order valence-corrected chi connectivity index (χ2v) is 6.29. The molecule has 1 atom stereocenters. The summed E-state index contributed by atoms with van der Waals surface area (Å²) in [6.07, 6.45) is 1.13. The molecule has 1 unspecified atom stereocenters. The molecule has 3 heteroatoms. The van der Waals surface area contributed by atoms with Crippen LogP contribution in [0.4, 0.5) is 0 Å². The fraction of sp³-hybridized carbons (Fsp3) is 0.400. The molecule has 0 spiro atoms. The molecule has 0 saturated carbocycles. The lowest BCUT2D eigenvalue weighted by molar-refractivity contribution is 0.692. The van der Waals surface area contributed by atoms with E-state index in [1.807, 2.05) is 0 Å². The molecule has 94 valence electrons. The molecule has 0 aliphatic heterocycles. The van der Waals surface area contributed by atoms with Crippen LogP contribution < -0.4 is 5.73 Å². The molecular weight excluding hydrogens is 240 g/mol. The van der Waals surface area contributed by atoms with E-state index in [1.54, 1.807) is 11.3 Å². The van der Waals surface area contributed by atoms with Crippen LogP contribution in [0.2, 0.25) is 0 Å². The van der Waals surface area contributed by atoms with Gasteiger partial charge < -0.3 is 5.73 Å². The highest BCUT2D eigenvalue weighted by atomic mass is 32.1. The molecule has 0 fully saturated rings. The summed E-state index contributed by atoms with van der Waals surface area (Å²) in [6, 6.07) is 8.67. The maximum Gasteiger partial charge on any atom is 0.101 e. The number of hydrogen-bond donors (Lipinski definition) is 1. The van der Waals surface area contributed by atoms with E-state index in [4.69, 9.17) is 10.7 Å². The Morgan fingerprint density at radius 3 is 2.78 bits per heavy atom. The van der Waals surface area contributed by atoms with Gasteiger partial charge in [-0.25, -0.2) is 4.98 Å². The van der Waals surface area contributed by atoms with Gasteiger partial charge in [-0.1, -0.05) is 38.1 Å². The van der Waals surface area contributed by atoms with Crippen LogP contribution in [-0.4, -0.2) is 4.98 Å². The maximum atomic E-state index is 5.83. The molecule has 1 aromatic heterocycles. The fourth-order valence-corrected chi connectivity index (χ4v) is 3.83. The molecule has 0 saturated heterocycles. The topological polar surface area (TPSA) is 38.9 Å². The van der Waals surface area contributed by atoms with Crippen molar-refractivity contribution in [2.75, 3.05) is 0 Å². The first-order chi connectivity index (χ1) is 8.70. The average Bonchev–Trinajstić information content (AvgIpc) is 2.74. The number of hydrogen-bond acceptors (Lipinski definition) is 3. The van der Waals surface area contributed by atoms with Gasteiger partial charge in [-0.05, 0) is 23.5 Å². The Morgan fingerprint density at radius 2 is 2.17 bits per heavy atom. The lowest BCUT2D eigenvalue weighted by Crippen LogP contribution is -2.17. The highest BCUT2D eigenvalue weighted by Gasteiger charge is 2.30. The first-order valence-electron chi connectivity index (χ1n) is 6.48. The first kappa shape index (κ1) is 11.9. The quantitative estimate of drug-likeness (QED) is 0.916. The predicted octanol–water partition coefficient (Wildman–Crippen LogP) is 3.41. The summed E-state index contributed by atoms with van der Waals surface area (Å²) >= 11 is 1.80. The molecule has 0 bridgehead atoms. The zero-order valence-electron chi connectivity index (χ0n) is 10.8. The van der Waals surface area contributed by atoms with Crippen molar-refractivity contribution in [2.24, 2.45) is 5.73 Å². The highest BCUT2D eigenvalue weighted by molar-refractivity contribution is 7.11. The SMILES string of the molecule is CC(C)c1nc(C2Cc3ccccc32)sc1CN. The minimum Gasteiger partial charge on any atom is -0.326 e. The minimum absolute atomic E-state index is 0.462. The summed E-state index contributed by atoms with van der Waals surface area (Å²) in [7, 11) is 0. The van der Waals surface area contributed by atoms with Crippen molar-refractivity contribution in [3.8, 4) is 0 Å². The van der Waals surface area contributed by atoms with Crippen LogP contribution in [-0.2, 0) is 13.0 Å². The van der Waals surface area contributed by atoms with Crippen molar-refractivity contribution >= 4 is 11.3 Å². The van der Waals surface area contributed by atoms with Crippen LogP contribution in [0.1, 0.15) is 52.4 Å². The maximum absolute atomic E-state index is 5.83. The minimum atomic E-state index is 0.462. The Hall–Kier alpha value is -1.19. The molecule has 1 aliphatic carbocycles. The van der Waals surface area contributed by atoms with Gasteiger partial charge in [0.15, 0.2) is 0 Å². The lowest BCUT2D eigenvalue weighted by atomic mass is 9.78. The number of thiazole rings is 1. The van der Waals surface area contributed by atoms with Crippen LogP contribution in [0.5, 0.6) is 0 Å². The Labute approximate surface area is 112 Å².